The number of nitrogen functional groups attached to an aromatic ring is 1. The maximum absolute atomic E-state index is 14.4. The van der Waals surface area contributed by atoms with Gasteiger partial charge in [0.15, 0.2) is 17.1 Å². The van der Waals surface area contributed by atoms with E-state index in [9.17, 15) is 13.6 Å². The Balaban J connectivity index is 1.28. The number of hydrogen-bond donors (Lipinski definition) is 1. The van der Waals surface area contributed by atoms with Crippen molar-refractivity contribution in [2.24, 2.45) is 0 Å². The van der Waals surface area contributed by atoms with Crippen molar-refractivity contribution in [3.05, 3.63) is 41.4 Å². The lowest BCUT2D eigenvalue weighted by molar-refractivity contribution is 0.101. The molecule has 1 aromatic carbocycles. The highest BCUT2D eigenvalue weighted by molar-refractivity contribution is 5.95. The Morgan fingerprint density at radius 2 is 1.86 bits per heavy atom. The number of ketones is 1. The zero-order chi connectivity index (χ0) is 24.7. The van der Waals surface area contributed by atoms with Gasteiger partial charge in [-0.05, 0) is 25.8 Å². The average molecular weight is 479 g/mol. The molecule has 4 heterocycles. The molecule has 1 saturated heterocycles. The zero-order valence-corrected chi connectivity index (χ0v) is 19.3. The van der Waals surface area contributed by atoms with Crippen LogP contribution in [-0.4, -0.2) is 72.8 Å². The number of rotatable bonds is 5. The summed E-state index contributed by atoms with van der Waals surface area (Å²) in [6.45, 7) is 6.69. The summed E-state index contributed by atoms with van der Waals surface area (Å²) in [5, 5.41) is 9.46. The predicted molar refractivity (Wildman–Crippen MR) is 126 cm³/mol. The lowest BCUT2D eigenvalue weighted by Gasteiger charge is -2.36. The molecule has 0 spiro atoms. The van der Waals surface area contributed by atoms with E-state index in [0.29, 0.717) is 56.4 Å². The summed E-state index contributed by atoms with van der Waals surface area (Å²) in [5.74, 6) is 4.22. The lowest BCUT2D eigenvalue weighted by Crippen LogP contribution is -2.47. The van der Waals surface area contributed by atoms with Crippen LogP contribution in [0.2, 0.25) is 0 Å². The van der Waals surface area contributed by atoms with E-state index >= 15 is 0 Å². The van der Waals surface area contributed by atoms with Gasteiger partial charge in [0, 0.05) is 38.8 Å². The first kappa shape index (κ1) is 22.7. The first-order chi connectivity index (χ1) is 16.9. The highest BCUT2D eigenvalue weighted by Gasteiger charge is 2.23. The van der Waals surface area contributed by atoms with E-state index < -0.39 is 17.4 Å². The minimum atomic E-state index is -0.837. The van der Waals surface area contributed by atoms with Crippen molar-refractivity contribution in [2.75, 3.05) is 43.4 Å². The van der Waals surface area contributed by atoms with E-state index in [1.54, 1.807) is 17.8 Å². The summed E-state index contributed by atoms with van der Waals surface area (Å²) in [7, 11) is 0. The van der Waals surface area contributed by atoms with Crippen molar-refractivity contribution in [2.45, 2.75) is 20.4 Å². The standard InChI is InChI=1S/C23H23F2N9O/c1-3-4-20-28-22-16-13-27-33(21(16)29-23(26)34(22)30-20)10-7-31-5-8-32(9-6-31)19-11-15(14(2)35)17(24)12-18(19)25/h11-13H,5-10H2,1-2H3,(H2,26,29). The lowest BCUT2D eigenvalue weighted by atomic mass is 10.1. The van der Waals surface area contributed by atoms with Crippen molar-refractivity contribution in [1.82, 2.24) is 34.3 Å². The summed E-state index contributed by atoms with van der Waals surface area (Å²) in [6.07, 6.45) is 1.69. The molecule has 180 valence electrons. The monoisotopic (exact) mass is 479 g/mol. The minimum absolute atomic E-state index is 0.100. The van der Waals surface area contributed by atoms with E-state index in [-0.39, 0.29) is 17.2 Å². The smallest absolute Gasteiger partial charge is 0.226 e. The molecule has 0 aliphatic carbocycles. The largest absolute Gasteiger partial charge is 0.368 e. The molecule has 1 aliphatic rings. The minimum Gasteiger partial charge on any atom is -0.368 e. The molecule has 10 nitrogen and oxygen atoms in total. The van der Waals surface area contributed by atoms with Gasteiger partial charge in [-0.25, -0.2) is 13.5 Å². The second-order valence-corrected chi connectivity index (χ2v) is 8.29. The van der Waals surface area contributed by atoms with Gasteiger partial charge in [-0.2, -0.15) is 19.6 Å². The van der Waals surface area contributed by atoms with Gasteiger partial charge in [0.1, 0.15) is 11.6 Å². The van der Waals surface area contributed by atoms with Gasteiger partial charge in [-0.3, -0.25) is 9.69 Å². The molecular formula is C23H23F2N9O. The Kier molecular flexibility index (Phi) is 5.78. The number of halogens is 2. The first-order valence-electron chi connectivity index (χ1n) is 11.1. The number of hydrogen-bond acceptors (Lipinski definition) is 8. The molecular weight excluding hydrogens is 456 g/mol. The number of carbonyl (C=O) groups excluding carboxylic acids is 1. The summed E-state index contributed by atoms with van der Waals surface area (Å²) < 4.78 is 31.5. The molecule has 0 atom stereocenters. The van der Waals surface area contributed by atoms with Crippen LogP contribution < -0.4 is 10.6 Å². The topological polar surface area (TPSA) is 110 Å². The Bertz CT molecular complexity index is 1510. The molecule has 0 radical (unpaired) electrons. The van der Waals surface area contributed by atoms with Crippen molar-refractivity contribution in [3.8, 4) is 11.8 Å². The number of Topliss-reactive ketones (excluding diaryl/α,β-unsaturated/α-hetero) is 1. The molecule has 12 heteroatoms. The Morgan fingerprint density at radius 3 is 2.57 bits per heavy atom. The Labute approximate surface area is 199 Å². The SMILES string of the molecule is CC#Cc1nc2c3cnn(CCN4CCN(c5cc(C(C)=O)c(F)cc5F)CC4)c3nc(N)n2n1. The third kappa shape index (κ3) is 4.15. The van der Waals surface area contributed by atoms with Gasteiger partial charge in [-0.15, -0.1) is 5.10 Å². The average Bonchev–Trinajstić information content (AvgIpc) is 3.43. The maximum Gasteiger partial charge on any atom is 0.226 e. The van der Waals surface area contributed by atoms with Crippen molar-refractivity contribution in [3.63, 3.8) is 0 Å². The van der Waals surface area contributed by atoms with Crippen molar-refractivity contribution >= 4 is 34.1 Å². The van der Waals surface area contributed by atoms with Gasteiger partial charge in [-0.1, -0.05) is 5.92 Å². The Morgan fingerprint density at radius 1 is 1.09 bits per heavy atom. The van der Waals surface area contributed by atoms with E-state index in [1.165, 1.54) is 17.5 Å². The highest BCUT2D eigenvalue weighted by atomic mass is 19.1. The normalized spacial score (nSPS) is 14.5. The predicted octanol–water partition coefficient (Wildman–Crippen LogP) is 1.73. The molecule has 1 aliphatic heterocycles. The second-order valence-electron chi connectivity index (χ2n) is 8.29. The number of carbonyl (C=O) groups is 1. The van der Waals surface area contributed by atoms with Crippen LogP contribution in [0.4, 0.5) is 20.4 Å². The number of aromatic nitrogens is 6. The van der Waals surface area contributed by atoms with Gasteiger partial charge in [0.25, 0.3) is 0 Å². The number of fused-ring (bicyclic) bond motifs is 3. The van der Waals surface area contributed by atoms with Gasteiger partial charge in [0.2, 0.25) is 11.8 Å². The number of benzene rings is 1. The third-order valence-electron chi connectivity index (χ3n) is 6.09. The molecule has 3 aromatic heterocycles. The summed E-state index contributed by atoms with van der Waals surface area (Å²) in [5.41, 5.74) is 7.40. The summed E-state index contributed by atoms with van der Waals surface area (Å²) >= 11 is 0. The van der Waals surface area contributed by atoms with Gasteiger partial charge >= 0.3 is 0 Å². The van der Waals surface area contributed by atoms with Crippen LogP contribution in [0, 0.1) is 23.5 Å². The molecule has 0 saturated carbocycles. The Hall–Kier alpha value is -4.11. The van der Waals surface area contributed by atoms with Crippen molar-refractivity contribution in [1.29, 1.82) is 0 Å². The van der Waals surface area contributed by atoms with Crippen LogP contribution >= 0.6 is 0 Å². The number of nitrogens with zero attached hydrogens (tertiary/aromatic N) is 8. The zero-order valence-electron chi connectivity index (χ0n) is 19.3. The number of nitrogens with two attached hydrogens (primary N) is 1. The molecule has 5 rings (SSSR count). The maximum atomic E-state index is 14.4. The molecule has 0 amide bonds. The molecule has 4 aromatic rings. The fraction of sp³-hybridized carbons (Fsp3) is 0.348. The third-order valence-corrected chi connectivity index (χ3v) is 6.09. The van der Waals surface area contributed by atoms with E-state index in [0.717, 1.165) is 11.5 Å². The van der Waals surface area contributed by atoms with E-state index in [2.05, 4.69) is 36.9 Å². The molecule has 0 unspecified atom stereocenters. The van der Waals surface area contributed by atoms with Crippen LogP contribution in [-0.2, 0) is 6.54 Å². The van der Waals surface area contributed by atoms with Crippen molar-refractivity contribution < 1.29 is 13.6 Å². The highest BCUT2D eigenvalue weighted by Crippen LogP contribution is 2.25. The van der Waals surface area contributed by atoms with Gasteiger partial charge < -0.3 is 10.6 Å². The fourth-order valence-electron chi connectivity index (χ4n) is 4.28. The second kappa shape index (κ2) is 8.92. The van der Waals surface area contributed by atoms with Gasteiger partial charge in [0.05, 0.1) is 29.4 Å². The fourth-order valence-corrected chi connectivity index (χ4v) is 4.28. The summed E-state index contributed by atoms with van der Waals surface area (Å²) in [6, 6.07) is 2.08. The summed E-state index contributed by atoms with van der Waals surface area (Å²) in [4.78, 5) is 24.6. The van der Waals surface area contributed by atoms with E-state index in [1.807, 2.05) is 4.90 Å². The van der Waals surface area contributed by atoms with E-state index in [4.69, 9.17) is 5.73 Å². The number of anilines is 2. The van der Waals surface area contributed by atoms with Crippen LogP contribution in [0.25, 0.3) is 16.7 Å². The first-order valence-corrected chi connectivity index (χ1v) is 11.1. The molecule has 0 bridgehead atoms. The van der Waals surface area contributed by atoms with Crippen LogP contribution in [0.15, 0.2) is 18.3 Å². The quantitative estimate of drug-likeness (QED) is 0.340. The molecule has 1 fully saturated rings. The van der Waals surface area contributed by atoms with Crippen LogP contribution in [0.5, 0.6) is 0 Å². The van der Waals surface area contributed by atoms with Crippen LogP contribution in [0.3, 0.4) is 0 Å². The molecule has 35 heavy (non-hydrogen) atoms. The van der Waals surface area contributed by atoms with Crippen LogP contribution in [0.1, 0.15) is 30.0 Å². The molecule has 2 N–H and O–H groups in total. The number of piperazine rings is 1.